The maximum Gasteiger partial charge on any atom is 0.235 e. The summed E-state index contributed by atoms with van der Waals surface area (Å²) in [5, 5.41) is 2.90. The lowest BCUT2D eigenvalue weighted by atomic mass is 10.0. The number of hydrogen-bond acceptors (Lipinski definition) is 7. The average Bonchev–Trinajstić information content (AvgIpc) is 3.14. The number of nitrogens with zero attached hydrogens (tertiary/aromatic N) is 3. The molecule has 1 saturated heterocycles. The van der Waals surface area contributed by atoms with E-state index in [-0.39, 0.29) is 24.5 Å². The molecule has 0 radical (unpaired) electrons. The van der Waals surface area contributed by atoms with Gasteiger partial charge in [-0.25, -0.2) is 0 Å². The fourth-order valence-corrected chi connectivity index (χ4v) is 3.11. The number of nitrogens with one attached hydrogen (secondary N) is 1. The smallest absolute Gasteiger partial charge is 0.235 e. The van der Waals surface area contributed by atoms with Crippen LogP contribution < -0.4 is 14.8 Å². The molecule has 0 aliphatic carbocycles. The van der Waals surface area contributed by atoms with E-state index in [0.29, 0.717) is 30.3 Å². The number of hydrogen-bond donors (Lipinski definition) is 1. The Balaban J connectivity index is 1.46. The normalized spacial score (nSPS) is 18.5. The summed E-state index contributed by atoms with van der Waals surface area (Å²) in [4.78, 5) is 31.1. The molecule has 2 heterocycles. The lowest BCUT2D eigenvalue weighted by molar-refractivity contribution is -0.123. The molecule has 1 amide bonds. The van der Waals surface area contributed by atoms with Crippen molar-refractivity contribution in [2.45, 2.75) is 13.0 Å². The van der Waals surface area contributed by atoms with E-state index >= 15 is 0 Å². The van der Waals surface area contributed by atoms with Crippen LogP contribution in [0.5, 0.6) is 11.5 Å². The van der Waals surface area contributed by atoms with Gasteiger partial charge in [0, 0.05) is 31.7 Å². The van der Waals surface area contributed by atoms with Crippen molar-refractivity contribution in [3.05, 3.63) is 23.8 Å². The molecule has 0 spiro atoms. The maximum absolute atomic E-state index is 12.7. The zero-order valence-corrected chi connectivity index (χ0v) is 16.2. The average molecular weight is 376 g/mol. The summed E-state index contributed by atoms with van der Waals surface area (Å²) in [5.41, 5.74) is 0.572. The van der Waals surface area contributed by atoms with Gasteiger partial charge in [0.1, 0.15) is 0 Å². The van der Waals surface area contributed by atoms with Gasteiger partial charge in [-0.3, -0.25) is 19.4 Å². The third kappa shape index (κ3) is 4.97. The van der Waals surface area contributed by atoms with Crippen LogP contribution >= 0.6 is 0 Å². The summed E-state index contributed by atoms with van der Waals surface area (Å²) in [7, 11) is 3.91. The van der Waals surface area contributed by atoms with E-state index < -0.39 is 0 Å². The molecule has 8 nitrogen and oxygen atoms in total. The Morgan fingerprint density at radius 2 is 1.89 bits per heavy atom. The van der Waals surface area contributed by atoms with E-state index in [1.165, 1.54) is 0 Å². The molecule has 0 saturated carbocycles. The van der Waals surface area contributed by atoms with Gasteiger partial charge < -0.3 is 19.7 Å². The summed E-state index contributed by atoms with van der Waals surface area (Å²) in [6, 6.07) is 4.84. The van der Waals surface area contributed by atoms with Gasteiger partial charge >= 0.3 is 0 Å². The second-order valence-corrected chi connectivity index (χ2v) is 7.20. The van der Waals surface area contributed by atoms with Crippen LogP contribution in [0.2, 0.25) is 0 Å². The van der Waals surface area contributed by atoms with Crippen LogP contribution in [0.1, 0.15) is 17.3 Å². The van der Waals surface area contributed by atoms with Crippen LogP contribution in [0.15, 0.2) is 18.2 Å². The molecule has 3 rings (SSSR count). The van der Waals surface area contributed by atoms with Gasteiger partial charge in [0.25, 0.3) is 0 Å². The molecule has 1 aromatic carbocycles. The van der Waals surface area contributed by atoms with Gasteiger partial charge in [-0.15, -0.1) is 0 Å². The highest BCUT2D eigenvalue weighted by molar-refractivity contribution is 6.00. The number of amides is 1. The number of rotatable bonds is 7. The predicted molar refractivity (Wildman–Crippen MR) is 101 cm³/mol. The Morgan fingerprint density at radius 1 is 1.19 bits per heavy atom. The molecular weight excluding hydrogens is 348 g/mol. The highest BCUT2D eigenvalue weighted by Crippen LogP contribution is 2.32. The number of piperazine rings is 1. The highest BCUT2D eigenvalue weighted by Gasteiger charge is 2.23. The molecular formula is C19H28N4O4. The van der Waals surface area contributed by atoms with Crippen molar-refractivity contribution < 1.29 is 19.1 Å². The van der Waals surface area contributed by atoms with Gasteiger partial charge in [-0.2, -0.15) is 0 Å². The first kappa shape index (κ1) is 19.6. The molecule has 2 aliphatic rings. The van der Waals surface area contributed by atoms with Crippen LogP contribution in [0, 0.1) is 0 Å². The largest absolute Gasteiger partial charge is 0.454 e. The summed E-state index contributed by atoms with van der Waals surface area (Å²) >= 11 is 0. The number of ether oxygens (including phenoxy) is 2. The first-order valence-electron chi connectivity index (χ1n) is 9.26. The Bertz CT molecular complexity index is 688. The number of Topliss-reactive ketones (excluding diaryl/α,β-unsaturated/α-hetero) is 1. The molecule has 1 N–H and O–H groups in total. The van der Waals surface area contributed by atoms with Crippen molar-refractivity contribution in [2.75, 3.05) is 60.3 Å². The summed E-state index contributed by atoms with van der Waals surface area (Å²) < 4.78 is 10.6. The van der Waals surface area contributed by atoms with E-state index in [4.69, 9.17) is 9.47 Å². The molecule has 1 unspecified atom stereocenters. The molecule has 8 heteroatoms. The van der Waals surface area contributed by atoms with Gasteiger partial charge in [0.2, 0.25) is 12.7 Å². The molecule has 0 aromatic heterocycles. The topological polar surface area (TPSA) is 74.3 Å². The Labute approximate surface area is 160 Å². The zero-order chi connectivity index (χ0) is 19.4. The minimum Gasteiger partial charge on any atom is -0.454 e. The summed E-state index contributed by atoms with van der Waals surface area (Å²) in [6.45, 7) is 6.50. The second-order valence-electron chi connectivity index (χ2n) is 7.20. The SMILES string of the molecule is CC(C(=O)c1ccc2c(c1)OCO2)N(C)CNC(=O)CN1CCN(C)CC1. The molecule has 1 fully saturated rings. The zero-order valence-electron chi connectivity index (χ0n) is 16.2. The third-order valence-corrected chi connectivity index (χ3v) is 5.19. The van der Waals surface area contributed by atoms with Gasteiger partial charge in [0.15, 0.2) is 17.3 Å². The fraction of sp³-hybridized carbons (Fsp3) is 0.579. The number of carbonyl (C=O) groups excluding carboxylic acids is 2. The van der Waals surface area contributed by atoms with Crippen molar-refractivity contribution in [1.29, 1.82) is 0 Å². The number of fused-ring (bicyclic) bond motifs is 1. The van der Waals surface area contributed by atoms with Crippen LogP contribution in [0.4, 0.5) is 0 Å². The fourth-order valence-electron chi connectivity index (χ4n) is 3.11. The van der Waals surface area contributed by atoms with Gasteiger partial charge in [-0.05, 0) is 39.2 Å². The number of ketones is 1. The summed E-state index contributed by atoms with van der Waals surface area (Å²) in [5.74, 6) is 1.21. The van der Waals surface area contributed by atoms with Crippen LogP contribution in [0.25, 0.3) is 0 Å². The lowest BCUT2D eigenvalue weighted by Gasteiger charge is -2.32. The van der Waals surface area contributed by atoms with E-state index in [2.05, 4.69) is 22.2 Å². The molecule has 27 heavy (non-hydrogen) atoms. The van der Waals surface area contributed by atoms with Crippen molar-refractivity contribution >= 4 is 11.7 Å². The maximum atomic E-state index is 12.7. The first-order valence-corrected chi connectivity index (χ1v) is 9.26. The number of benzene rings is 1. The minimum atomic E-state index is -0.366. The van der Waals surface area contributed by atoms with Crippen LogP contribution in [-0.2, 0) is 4.79 Å². The van der Waals surface area contributed by atoms with Crippen molar-refractivity contribution in [2.24, 2.45) is 0 Å². The van der Waals surface area contributed by atoms with Crippen molar-refractivity contribution in [3.8, 4) is 11.5 Å². The molecule has 2 aliphatic heterocycles. The predicted octanol–water partition coefficient (Wildman–Crippen LogP) is 0.239. The van der Waals surface area contributed by atoms with E-state index in [0.717, 1.165) is 26.2 Å². The van der Waals surface area contributed by atoms with Crippen LogP contribution in [0.3, 0.4) is 0 Å². The van der Waals surface area contributed by atoms with Crippen molar-refractivity contribution in [1.82, 2.24) is 20.0 Å². The molecule has 148 valence electrons. The molecule has 1 atom stereocenters. The van der Waals surface area contributed by atoms with Crippen LogP contribution in [-0.4, -0.2) is 92.7 Å². The quantitative estimate of drug-likeness (QED) is 0.540. The molecule has 1 aromatic rings. The van der Waals surface area contributed by atoms with E-state index in [9.17, 15) is 9.59 Å². The highest BCUT2D eigenvalue weighted by atomic mass is 16.7. The van der Waals surface area contributed by atoms with Gasteiger partial charge in [0.05, 0.1) is 19.3 Å². The Morgan fingerprint density at radius 3 is 2.63 bits per heavy atom. The monoisotopic (exact) mass is 376 g/mol. The number of carbonyl (C=O) groups is 2. The van der Waals surface area contributed by atoms with Crippen molar-refractivity contribution in [3.63, 3.8) is 0 Å². The first-order chi connectivity index (χ1) is 12.9. The Kier molecular flexibility index (Phi) is 6.30. The van der Waals surface area contributed by atoms with E-state index in [1.54, 1.807) is 18.2 Å². The minimum absolute atomic E-state index is 0.0193. The van der Waals surface area contributed by atoms with E-state index in [1.807, 2.05) is 18.9 Å². The second kappa shape index (κ2) is 8.69. The lowest BCUT2D eigenvalue weighted by Crippen LogP contribution is -2.50. The van der Waals surface area contributed by atoms with Gasteiger partial charge in [-0.1, -0.05) is 0 Å². The third-order valence-electron chi connectivity index (χ3n) is 5.19. The standard InChI is InChI=1S/C19H28N4O4/c1-14(19(25)15-4-5-16-17(10-15)27-13-26-16)22(3)12-20-18(24)11-23-8-6-21(2)7-9-23/h4-5,10,14H,6-9,11-13H2,1-3H3,(H,20,24). The summed E-state index contributed by atoms with van der Waals surface area (Å²) in [6.07, 6.45) is 0. The Hall–Kier alpha value is -2.16. The molecule has 0 bridgehead atoms. The number of likely N-dealkylation sites (N-methyl/N-ethyl adjacent to an activating group) is 2.